The number of carbonyl (C=O) groups excluding carboxylic acids is 5. The molecule has 5 aromatic rings. The maximum atomic E-state index is 14.5. The van der Waals surface area contributed by atoms with Crippen molar-refractivity contribution in [2.24, 2.45) is 17.2 Å². The van der Waals surface area contributed by atoms with Crippen LogP contribution < -0.4 is 38.5 Å². The Morgan fingerprint density at radius 3 is 1.38 bits per heavy atom. The van der Waals surface area contributed by atoms with Crippen molar-refractivity contribution >= 4 is 51.1 Å². The minimum Gasteiger partial charge on any atom is -0.368 e. The fraction of sp³-hybridized carbons (Fsp3) is 0.326. The summed E-state index contributed by atoms with van der Waals surface area (Å²) in [6, 6.07) is 32.3. The normalized spacial score (nSPS) is 13.2. The molecule has 0 fully saturated rings. The van der Waals surface area contributed by atoms with E-state index in [9.17, 15) is 24.0 Å². The molecule has 4 atom stereocenters. The van der Waals surface area contributed by atoms with Crippen LogP contribution in [0.15, 0.2) is 115 Å². The van der Waals surface area contributed by atoms with Crippen LogP contribution in [0.5, 0.6) is 0 Å². The summed E-state index contributed by atoms with van der Waals surface area (Å²) in [6.45, 7) is 0.873. The van der Waals surface area contributed by atoms with Gasteiger partial charge in [-0.05, 0) is 83.4 Å². The topological polar surface area (TPSA) is 212 Å². The number of unbranched alkanes of at least 4 members (excludes halogenated alkanes) is 2. The van der Waals surface area contributed by atoms with E-state index in [1.54, 1.807) is 0 Å². The van der Waals surface area contributed by atoms with Crippen molar-refractivity contribution in [3.8, 4) is 0 Å². The number of hydrogen-bond donors (Lipinski definition) is 7. The van der Waals surface area contributed by atoms with Crippen LogP contribution in [0.2, 0.25) is 0 Å². The number of primary amides is 1. The summed E-state index contributed by atoms with van der Waals surface area (Å²) in [7, 11) is 0. The van der Waals surface area contributed by atoms with Gasteiger partial charge in [0, 0.05) is 25.7 Å². The summed E-state index contributed by atoms with van der Waals surface area (Å²) in [4.78, 5) is 68.4. The highest BCUT2D eigenvalue weighted by Gasteiger charge is 2.32. The lowest BCUT2D eigenvalue weighted by Gasteiger charge is -2.27. The van der Waals surface area contributed by atoms with Gasteiger partial charge in [0.1, 0.15) is 24.2 Å². The fourth-order valence-corrected chi connectivity index (χ4v) is 6.97. The van der Waals surface area contributed by atoms with E-state index in [4.69, 9.17) is 17.2 Å². The van der Waals surface area contributed by atoms with Gasteiger partial charge in [0.15, 0.2) is 0 Å². The number of amides is 5. The van der Waals surface area contributed by atoms with E-state index in [2.05, 4.69) is 21.3 Å². The van der Waals surface area contributed by atoms with E-state index in [1.807, 2.05) is 115 Å². The van der Waals surface area contributed by atoms with Crippen molar-refractivity contribution in [2.75, 3.05) is 13.1 Å². The Hall–Kier alpha value is -6.11. The summed E-state index contributed by atoms with van der Waals surface area (Å²) in [5.74, 6) is -2.77. The number of benzene rings is 5. The van der Waals surface area contributed by atoms with Crippen molar-refractivity contribution in [2.45, 2.75) is 82.0 Å². The SMILES string of the molecule is NCCCCC(=O)N[C@H](Cc1ccc2ccccc2c1)C(=O)N[C@H](Cc1ccc2ccccc2c1)C(=O)N[C@@H](Cc1ccccc1)C(=O)N[C@@H](CCCCN)C(N)=O. The summed E-state index contributed by atoms with van der Waals surface area (Å²) < 4.78 is 0. The maximum Gasteiger partial charge on any atom is 0.243 e. The molecule has 0 spiro atoms. The van der Waals surface area contributed by atoms with Crippen molar-refractivity contribution in [1.82, 2.24) is 21.3 Å². The van der Waals surface area contributed by atoms with Gasteiger partial charge in [-0.1, -0.05) is 115 Å². The lowest BCUT2D eigenvalue weighted by atomic mass is 9.98. The second kappa shape index (κ2) is 22.0. The average molecular weight is 786 g/mol. The molecule has 0 aliphatic heterocycles. The minimum atomic E-state index is -1.16. The Morgan fingerprint density at radius 1 is 0.448 bits per heavy atom. The number of nitrogens with two attached hydrogens (primary N) is 3. The number of fused-ring (bicyclic) bond motifs is 2. The first-order chi connectivity index (χ1) is 28.1. The molecule has 0 radical (unpaired) electrons. The molecule has 0 saturated heterocycles. The summed E-state index contributed by atoms with van der Waals surface area (Å²) in [6.07, 6.45) is 3.28. The van der Waals surface area contributed by atoms with Crippen LogP contribution in [-0.4, -0.2) is 66.8 Å². The van der Waals surface area contributed by atoms with Crippen LogP contribution in [-0.2, 0) is 43.2 Å². The quantitative estimate of drug-likeness (QED) is 0.0517. The van der Waals surface area contributed by atoms with Gasteiger partial charge in [-0.25, -0.2) is 0 Å². The molecule has 0 unspecified atom stereocenters. The number of nitrogens with one attached hydrogen (secondary N) is 4. The zero-order valence-electron chi connectivity index (χ0n) is 32.8. The first kappa shape index (κ1) is 43.0. The highest BCUT2D eigenvalue weighted by Crippen LogP contribution is 2.19. The molecule has 58 heavy (non-hydrogen) atoms. The fourth-order valence-electron chi connectivity index (χ4n) is 6.97. The van der Waals surface area contributed by atoms with Crippen molar-refractivity contribution in [3.05, 3.63) is 132 Å². The predicted molar refractivity (Wildman–Crippen MR) is 228 cm³/mol. The van der Waals surface area contributed by atoms with Gasteiger partial charge in [0.05, 0.1) is 0 Å². The molecular formula is C46H55N7O5. The molecule has 5 amide bonds. The highest BCUT2D eigenvalue weighted by molar-refractivity contribution is 5.96. The van der Waals surface area contributed by atoms with Gasteiger partial charge in [0.2, 0.25) is 29.5 Å². The van der Waals surface area contributed by atoms with Crippen LogP contribution in [0.1, 0.15) is 55.2 Å². The number of carbonyl (C=O) groups is 5. The van der Waals surface area contributed by atoms with Gasteiger partial charge in [0.25, 0.3) is 0 Å². The van der Waals surface area contributed by atoms with E-state index < -0.39 is 47.8 Å². The Morgan fingerprint density at radius 2 is 0.879 bits per heavy atom. The van der Waals surface area contributed by atoms with E-state index in [0.29, 0.717) is 45.2 Å². The molecule has 5 rings (SSSR count). The van der Waals surface area contributed by atoms with Crippen LogP contribution in [0.25, 0.3) is 21.5 Å². The minimum absolute atomic E-state index is 0.0816. The largest absolute Gasteiger partial charge is 0.368 e. The lowest BCUT2D eigenvalue weighted by molar-refractivity contribution is -0.134. The average Bonchev–Trinajstić information content (AvgIpc) is 3.22. The monoisotopic (exact) mass is 785 g/mol. The van der Waals surface area contributed by atoms with Gasteiger partial charge in [-0.2, -0.15) is 0 Å². The summed E-state index contributed by atoms with van der Waals surface area (Å²) in [5.41, 5.74) is 19.3. The predicted octanol–water partition coefficient (Wildman–Crippen LogP) is 3.70. The van der Waals surface area contributed by atoms with Gasteiger partial charge < -0.3 is 38.5 Å². The Kier molecular flexibility index (Phi) is 16.3. The third-order valence-electron chi connectivity index (χ3n) is 10.2. The van der Waals surface area contributed by atoms with Crippen molar-refractivity contribution in [1.29, 1.82) is 0 Å². The third-order valence-corrected chi connectivity index (χ3v) is 10.2. The standard InChI is InChI=1S/C46H55N7O5/c47-24-10-8-18-38(43(49)55)51-45(57)40(28-31-12-2-1-3-13-31)52-46(58)41(30-33-21-23-35-15-5-7-17-37(35)27-33)53-44(56)39(50-42(54)19-9-11-25-48)29-32-20-22-34-14-4-6-16-36(34)26-32/h1-7,12-17,20-23,26-27,38-41H,8-11,18-19,24-25,28-30,47-48H2,(H2,49,55)(H,50,54)(H,51,57)(H,52,58)(H,53,56)/t38-,39+,40-,41+/m0/s1. The second-order valence-corrected chi connectivity index (χ2v) is 14.7. The van der Waals surface area contributed by atoms with Gasteiger partial charge in [-0.3, -0.25) is 24.0 Å². The van der Waals surface area contributed by atoms with E-state index in [1.165, 1.54) is 0 Å². The zero-order chi connectivity index (χ0) is 41.3. The molecule has 0 aliphatic carbocycles. The molecule has 0 saturated carbocycles. The first-order valence-electron chi connectivity index (χ1n) is 20.0. The van der Waals surface area contributed by atoms with Crippen LogP contribution >= 0.6 is 0 Å². The van der Waals surface area contributed by atoms with E-state index in [-0.39, 0.29) is 31.6 Å². The van der Waals surface area contributed by atoms with E-state index >= 15 is 0 Å². The Labute approximate surface area is 339 Å². The van der Waals surface area contributed by atoms with Crippen LogP contribution in [0.3, 0.4) is 0 Å². The summed E-state index contributed by atoms with van der Waals surface area (Å²) in [5, 5.41) is 15.5. The molecule has 12 heteroatoms. The Balaban J connectivity index is 1.44. The van der Waals surface area contributed by atoms with E-state index in [0.717, 1.165) is 38.2 Å². The maximum absolute atomic E-state index is 14.5. The molecule has 12 nitrogen and oxygen atoms in total. The van der Waals surface area contributed by atoms with Crippen molar-refractivity contribution < 1.29 is 24.0 Å². The summed E-state index contributed by atoms with van der Waals surface area (Å²) >= 11 is 0. The van der Waals surface area contributed by atoms with Crippen molar-refractivity contribution in [3.63, 3.8) is 0 Å². The lowest BCUT2D eigenvalue weighted by Crippen LogP contribution is -2.59. The van der Waals surface area contributed by atoms with Crippen LogP contribution in [0, 0.1) is 0 Å². The molecule has 5 aromatic carbocycles. The number of rotatable bonds is 22. The smallest absolute Gasteiger partial charge is 0.243 e. The molecule has 0 heterocycles. The molecule has 304 valence electrons. The zero-order valence-corrected chi connectivity index (χ0v) is 32.8. The molecule has 0 aromatic heterocycles. The molecule has 0 bridgehead atoms. The highest BCUT2D eigenvalue weighted by atomic mass is 16.2. The van der Waals surface area contributed by atoms with Gasteiger partial charge >= 0.3 is 0 Å². The molecule has 10 N–H and O–H groups in total. The van der Waals surface area contributed by atoms with Gasteiger partial charge in [-0.15, -0.1) is 0 Å². The third kappa shape index (κ3) is 13.0. The Bertz CT molecular complexity index is 2160. The second-order valence-electron chi connectivity index (χ2n) is 14.7. The first-order valence-corrected chi connectivity index (χ1v) is 20.0. The molecule has 0 aliphatic rings. The van der Waals surface area contributed by atoms with Crippen LogP contribution in [0.4, 0.5) is 0 Å². The number of hydrogen-bond acceptors (Lipinski definition) is 7. The molecular weight excluding hydrogens is 731 g/mol.